The summed E-state index contributed by atoms with van der Waals surface area (Å²) in [5.74, 6) is -0.0853. The third kappa shape index (κ3) is 3.50. The van der Waals surface area contributed by atoms with Crippen molar-refractivity contribution in [2.75, 3.05) is 5.32 Å². The summed E-state index contributed by atoms with van der Waals surface area (Å²) < 4.78 is 1.71. The number of rotatable bonds is 5. The number of hydrogen-bond donors (Lipinski definition) is 1. The molecule has 0 bridgehead atoms. The van der Waals surface area contributed by atoms with Crippen molar-refractivity contribution >= 4 is 23.2 Å². The van der Waals surface area contributed by atoms with E-state index in [9.17, 15) is 4.79 Å². The first kappa shape index (κ1) is 16.6. The fourth-order valence-electron chi connectivity index (χ4n) is 2.62. The highest BCUT2D eigenvalue weighted by Crippen LogP contribution is 2.29. The number of amides is 1. The molecule has 0 saturated heterocycles. The van der Waals surface area contributed by atoms with Gasteiger partial charge >= 0.3 is 0 Å². The van der Waals surface area contributed by atoms with Crippen LogP contribution in [0.15, 0.2) is 18.2 Å². The number of aromatic nitrogens is 2. The van der Waals surface area contributed by atoms with Crippen LogP contribution >= 0.6 is 11.6 Å². The maximum atomic E-state index is 12.4. The number of nitrogens with one attached hydrogen (secondary N) is 1. The number of hydrogen-bond acceptors (Lipinski definition) is 2. The Bertz CT molecular complexity index is 691. The van der Waals surface area contributed by atoms with Gasteiger partial charge < -0.3 is 5.32 Å². The molecule has 0 fully saturated rings. The summed E-state index contributed by atoms with van der Waals surface area (Å²) in [6.45, 7) is 8.18. The molecule has 1 heterocycles. The predicted octanol–water partition coefficient (Wildman–Crippen LogP) is 3.92. The molecule has 0 spiro atoms. The number of anilines is 1. The van der Waals surface area contributed by atoms with E-state index in [0.29, 0.717) is 5.02 Å². The molecule has 22 heavy (non-hydrogen) atoms. The monoisotopic (exact) mass is 319 g/mol. The lowest BCUT2D eigenvalue weighted by atomic mass is 10.0. The zero-order chi connectivity index (χ0) is 16.3. The van der Waals surface area contributed by atoms with Crippen molar-refractivity contribution in [3.63, 3.8) is 0 Å². The Hall–Kier alpha value is -1.81. The molecule has 0 radical (unpaired) electrons. The van der Waals surface area contributed by atoms with E-state index in [-0.39, 0.29) is 12.5 Å². The van der Waals surface area contributed by atoms with Crippen LogP contribution in [0.3, 0.4) is 0 Å². The maximum absolute atomic E-state index is 12.4. The molecule has 0 aliphatic rings. The zero-order valence-corrected chi connectivity index (χ0v) is 14.3. The van der Waals surface area contributed by atoms with Crippen molar-refractivity contribution in [3.05, 3.63) is 45.7 Å². The molecule has 1 aromatic heterocycles. The topological polar surface area (TPSA) is 46.9 Å². The molecule has 0 saturated carbocycles. The van der Waals surface area contributed by atoms with E-state index in [1.165, 1.54) is 0 Å². The van der Waals surface area contributed by atoms with E-state index in [1.54, 1.807) is 4.68 Å². The Morgan fingerprint density at radius 2 is 2.00 bits per heavy atom. The molecule has 2 aromatic rings. The quantitative estimate of drug-likeness (QED) is 0.908. The molecule has 0 aliphatic heterocycles. The lowest BCUT2D eigenvalue weighted by Crippen LogP contribution is -2.22. The minimum Gasteiger partial charge on any atom is -0.324 e. The highest BCUT2D eigenvalue weighted by atomic mass is 35.5. The first-order valence-electron chi connectivity index (χ1n) is 7.57. The zero-order valence-electron chi connectivity index (χ0n) is 13.5. The molecule has 0 atom stereocenters. The maximum Gasteiger partial charge on any atom is 0.246 e. The number of carbonyl (C=O) groups is 1. The van der Waals surface area contributed by atoms with Crippen LogP contribution in [0.1, 0.15) is 36.4 Å². The molecule has 1 aromatic carbocycles. The van der Waals surface area contributed by atoms with Gasteiger partial charge in [0.05, 0.1) is 5.69 Å². The van der Waals surface area contributed by atoms with Crippen LogP contribution in [0.4, 0.5) is 5.69 Å². The van der Waals surface area contributed by atoms with Crippen molar-refractivity contribution in [2.45, 2.75) is 47.1 Å². The van der Waals surface area contributed by atoms with E-state index >= 15 is 0 Å². The summed E-state index contributed by atoms with van der Waals surface area (Å²) in [7, 11) is 0. The van der Waals surface area contributed by atoms with Crippen LogP contribution in [0.25, 0.3) is 0 Å². The minimum atomic E-state index is -0.0853. The van der Waals surface area contributed by atoms with Crippen molar-refractivity contribution < 1.29 is 4.79 Å². The molecule has 0 aliphatic carbocycles. The fourth-order valence-corrected chi connectivity index (χ4v) is 2.91. The van der Waals surface area contributed by atoms with Gasteiger partial charge in [0.1, 0.15) is 6.54 Å². The SMILES string of the molecule is CCc1ccc(Cl)c(CC)c1NC(=O)Cn1nc(C)cc1C. The molecule has 4 nitrogen and oxygen atoms in total. The second kappa shape index (κ2) is 6.97. The first-order chi connectivity index (χ1) is 10.5. The van der Waals surface area contributed by atoms with Crippen LogP contribution in [-0.4, -0.2) is 15.7 Å². The van der Waals surface area contributed by atoms with E-state index in [1.807, 2.05) is 39.0 Å². The molecule has 118 valence electrons. The van der Waals surface area contributed by atoms with Gasteiger partial charge in [-0.1, -0.05) is 31.5 Å². The number of benzene rings is 1. The molecule has 5 heteroatoms. The van der Waals surface area contributed by atoms with Gasteiger partial charge in [0.2, 0.25) is 5.91 Å². The minimum absolute atomic E-state index is 0.0853. The van der Waals surface area contributed by atoms with E-state index in [4.69, 9.17) is 11.6 Å². The van der Waals surface area contributed by atoms with Gasteiger partial charge in [-0.25, -0.2) is 0 Å². The third-order valence-electron chi connectivity index (χ3n) is 3.74. The summed E-state index contributed by atoms with van der Waals surface area (Å²) in [4.78, 5) is 12.4. The standard InChI is InChI=1S/C17H22ClN3O/c1-5-13-7-8-15(18)14(6-2)17(13)19-16(22)10-21-12(4)9-11(3)20-21/h7-9H,5-6,10H2,1-4H3,(H,19,22). The lowest BCUT2D eigenvalue weighted by Gasteiger charge is -2.16. The molecule has 0 unspecified atom stereocenters. The molecule has 2 rings (SSSR count). The van der Waals surface area contributed by atoms with Gasteiger partial charge in [-0.2, -0.15) is 5.10 Å². The Kier molecular flexibility index (Phi) is 5.24. The average molecular weight is 320 g/mol. The van der Waals surface area contributed by atoms with Crippen LogP contribution in [0, 0.1) is 13.8 Å². The van der Waals surface area contributed by atoms with Gasteiger partial charge in [0.15, 0.2) is 0 Å². The van der Waals surface area contributed by atoms with Gasteiger partial charge in [0.25, 0.3) is 0 Å². The normalized spacial score (nSPS) is 10.8. The Labute approximate surface area is 136 Å². The van der Waals surface area contributed by atoms with Crippen LogP contribution in [0.2, 0.25) is 5.02 Å². The van der Waals surface area contributed by atoms with Crippen molar-refractivity contribution in [1.29, 1.82) is 0 Å². The highest BCUT2D eigenvalue weighted by molar-refractivity contribution is 6.32. The van der Waals surface area contributed by atoms with Gasteiger partial charge in [-0.3, -0.25) is 9.48 Å². The Morgan fingerprint density at radius 1 is 1.27 bits per heavy atom. The summed E-state index contributed by atoms with van der Waals surface area (Å²) in [6, 6.07) is 5.83. The number of carbonyl (C=O) groups excluding carboxylic acids is 1. The summed E-state index contributed by atoms with van der Waals surface area (Å²) in [6.07, 6.45) is 1.63. The second-order valence-corrected chi connectivity index (χ2v) is 5.81. The third-order valence-corrected chi connectivity index (χ3v) is 4.09. The second-order valence-electron chi connectivity index (χ2n) is 5.40. The van der Waals surface area contributed by atoms with Crippen LogP contribution in [-0.2, 0) is 24.2 Å². The Balaban J connectivity index is 2.24. The lowest BCUT2D eigenvalue weighted by molar-refractivity contribution is -0.116. The van der Waals surface area contributed by atoms with Crippen molar-refractivity contribution in [2.24, 2.45) is 0 Å². The summed E-state index contributed by atoms with van der Waals surface area (Å²) >= 11 is 6.26. The predicted molar refractivity (Wildman–Crippen MR) is 90.5 cm³/mol. The van der Waals surface area contributed by atoms with Gasteiger partial charge in [-0.15, -0.1) is 0 Å². The van der Waals surface area contributed by atoms with Crippen LogP contribution < -0.4 is 5.32 Å². The fraction of sp³-hybridized carbons (Fsp3) is 0.412. The largest absolute Gasteiger partial charge is 0.324 e. The highest BCUT2D eigenvalue weighted by Gasteiger charge is 2.14. The summed E-state index contributed by atoms with van der Waals surface area (Å²) in [5.41, 5.74) is 4.83. The van der Waals surface area contributed by atoms with Gasteiger partial charge in [0, 0.05) is 16.4 Å². The molecule has 1 amide bonds. The molecule has 1 N–H and O–H groups in total. The van der Waals surface area contributed by atoms with Crippen molar-refractivity contribution in [1.82, 2.24) is 9.78 Å². The van der Waals surface area contributed by atoms with E-state index < -0.39 is 0 Å². The molecular weight excluding hydrogens is 298 g/mol. The van der Waals surface area contributed by atoms with E-state index in [2.05, 4.69) is 17.3 Å². The average Bonchev–Trinajstić information content (AvgIpc) is 2.77. The molecular formula is C17H22ClN3O. The van der Waals surface area contributed by atoms with Gasteiger partial charge in [-0.05, 0) is 49.9 Å². The number of nitrogens with zero attached hydrogens (tertiary/aromatic N) is 2. The first-order valence-corrected chi connectivity index (χ1v) is 7.95. The van der Waals surface area contributed by atoms with Crippen LogP contribution in [0.5, 0.6) is 0 Å². The Morgan fingerprint density at radius 3 is 2.55 bits per heavy atom. The van der Waals surface area contributed by atoms with Crippen molar-refractivity contribution in [3.8, 4) is 0 Å². The number of aryl methyl sites for hydroxylation is 3. The van der Waals surface area contributed by atoms with E-state index in [0.717, 1.165) is 41.0 Å². The summed E-state index contributed by atoms with van der Waals surface area (Å²) in [5, 5.41) is 8.04. The smallest absolute Gasteiger partial charge is 0.246 e. The number of halogens is 1.